The molecule has 1 amide bonds. The molecule has 0 saturated heterocycles. The van der Waals surface area contributed by atoms with E-state index in [1.165, 1.54) is 0 Å². The van der Waals surface area contributed by atoms with Gasteiger partial charge in [-0.3, -0.25) is 9.36 Å². The van der Waals surface area contributed by atoms with Crippen molar-refractivity contribution in [1.29, 1.82) is 0 Å². The number of hydrogen-bond donors (Lipinski definition) is 0. The fourth-order valence-electron chi connectivity index (χ4n) is 3.35. The van der Waals surface area contributed by atoms with Crippen LogP contribution in [0.2, 0.25) is 0 Å². The lowest BCUT2D eigenvalue weighted by molar-refractivity contribution is 0.0739. The van der Waals surface area contributed by atoms with E-state index in [0.717, 1.165) is 11.1 Å². The Morgan fingerprint density at radius 2 is 1.58 bits per heavy atom. The topological polar surface area (TPSA) is 55.8 Å². The van der Waals surface area contributed by atoms with Crippen molar-refractivity contribution in [2.75, 3.05) is 19.8 Å². The molecule has 0 fully saturated rings. The quantitative estimate of drug-likeness (QED) is 0.632. The molecule has 0 saturated carbocycles. The van der Waals surface area contributed by atoms with Gasteiger partial charge in [0.2, 0.25) is 0 Å². The molecule has 1 aliphatic rings. The molecule has 2 aromatic rings. The lowest BCUT2D eigenvalue weighted by atomic mass is 10.1. The summed E-state index contributed by atoms with van der Waals surface area (Å²) >= 11 is 0. The number of carbonyl (C=O) groups excluding carboxylic acids is 1. The largest absolute Gasteiger partial charge is 0.357 e. The molecular weight excluding hydrogens is 349 g/mol. The van der Waals surface area contributed by atoms with Gasteiger partial charge in [0.1, 0.15) is 0 Å². The normalized spacial score (nSPS) is 16.8. The van der Waals surface area contributed by atoms with Crippen LogP contribution in [0, 0.1) is 0 Å². The van der Waals surface area contributed by atoms with Crippen LogP contribution in [0.1, 0.15) is 41.1 Å². The van der Waals surface area contributed by atoms with E-state index in [4.69, 9.17) is 9.05 Å². The van der Waals surface area contributed by atoms with Crippen molar-refractivity contribution in [3.05, 3.63) is 71.3 Å². The predicted molar refractivity (Wildman–Crippen MR) is 101 cm³/mol. The van der Waals surface area contributed by atoms with Gasteiger partial charge in [0.25, 0.3) is 5.91 Å². The van der Waals surface area contributed by atoms with Crippen LogP contribution in [0.3, 0.4) is 0 Å². The Hall–Kier alpha value is -1.94. The first-order valence-electron chi connectivity index (χ1n) is 8.93. The maximum Gasteiger partial charge on any atom is 0.357 e. The molecule has 0 N–H and O–H groups in total. The van der Waals surface area contributed by atoms with Gasteiger partial charge in [-0.05, 0) is 37.5 Å². The number of amides is 1. The first-order chi connectivity index (χ1) is 12.6. The van der Waals surface area contributed by atoms with Crippen LogP contribution in [0.15, 0.2) is 54.6 Å². The van der Waals surface area contributed by atoms with E-state index in [1.807, 2.05) is 48.5 Å². The van der Waals surface area contributed by atoms with Crippen LogP contribution in [-0.4, -0.2) is 30.6 Å². The Morgan fingerprint density at radius 1 is 0.962 bits per heavy atom. The van der Waals surface area contributed by atoms with Crippen LogP contribution in [0.5, 0.6) is 0 Å². The second-order valence-electron chi connectivity index (χ2n) is 6.07. The van der Waals surface area contributed by atoms with Crippen molar-refractivity contribution >= 4 is 13.5 Å². The Morgan fingerprint density at radius 3 is 2.23 bits per heavy atom. The van der Waals surface area contributed by atoms with E-state index in [0.29, 0.717) is 18.5 Å². The molecule has 1 heterocycles. The van der Waals surface area contributed by atoms with Crippen LogP contribution < -0.4 is 0 Å². The van der Waals surface area contributed by atoms with Gasteiger partial charge in [0, 0.05) is 12.1 Å². The number of nitrogens with zero attached hydrogens (tertiary/aromatic N) is 1. The fourth-order valence-corrected chi connectivity index (χ4v) is 5.55. The minimum atomic E-state index is -3.51. The summed E-state index contributed by atoms with van der Waals surface area (Å²) in [5, 5.41) is 0. The van der Waals surface area contributed by atoms with Gasteiger partial charge in [0.15, 0.2) is 5.78 Å². The molecule has 0 radical (unpaired) electrons. The minimum Gasteiger partial charge on any atom is -0.320 e. The zero-order chi connectivity index (χ0) is 18.6. The highest BCUT2D eigenvalue weighted by Gasteiger charge is 2.49. The Kier molecular flexibility index (Phi) is 5.92. The first kappa shape index (κ1) is 18.8. The minimum absolute atomic E-state index is 0.124. The number of fused-ring (bicyclic) bond motifs is 1. The van der Waals surface area contributed by atoms with Crippen molar-refractivity contribution in [3.63, 3.8) is 0 Å². The molecule has 1 atom stereocenters. The Labute approximate surface area is 154 Å². The van der Waals surface area contributed by atoms with Gasteiger partial charge in [-0.2, -0.15) is 0 Å². The summed E-state index contributed by atoms with van der Waals surface area (Å²) in [6, 6.07) is 17.2. The van der Waals surface area contributed by atoms with Crippen molar-refractivity contribution in [3.8, 4) is 0 Å². The summed E-state index contributed by atoms with van der Waals surface area (Å²) in [5.74, 6) is -0.823. The summed E-state index contributed by atoms with van der Waals surface area (Å²) in [6.45, 7) is 4.53. The highest BCUT2D eigenvalue weighted by atomic mass is 31.2. The highest BCUT2D eigenvalue weighted by molar-refractivity contribution is 7.54. The molecule has 0 bridgehead atoms. The average Bonchev–Trinajstić information content (AvgIpc) is 2.94. The highest BCUT2D eigenvalue weighted by Crippen LogP contribution is 2.64. The molecule has 3 rings (SSSR count). The van der Waals surface area contributed by atoms with Crippen molar-refractivity contribution < 1.29 is 18.4 Å². The number of rotatable bonds is 8. The van der Waals surface area contributed by atoms with E-state index in [9.17, 15) is 9.36 Å². The van der Waals surface area contributed by atoms with Gasteiger partial charge >= 0.3 is 7.60 Å². The summed E-state index contributed by atoms with van der Waals surface area (Å²) in [7, 11) is -3.51. The van der Waals surface area contributed by atoms with Crippen molar-refractivity contribution in [1.82, 2.24) is 4.90 Å². The molecule has 0 spiro atoms. The molecule has 0 aromatic heterocycles. The third-order valence-corrected chi connectivity index (χ3v) is 6.82. The van der Waals surface area contributed by atoms with Gasteiger partial charge in [-0.25, -0.2) is 0 Å². The van der Waals surface area contributed by atoms with Gasteiger partial charge in [0.05, 0.1) is 13.2 Å². The summed E-state index contributed by atoms with van der Waals surface area (Å²) in [4.78, 5) is 14.6. The number of benzene rings is 2. The van der Waals surface area contributed by atoms with E-state index in [-0.39, 0.29) is 19.1 Å². The monoisotopic (exact) mass is 373 g/mol. The van der Waals surface area contributed by atoms with Gasteiger partial charge in [-0.15, -0.1) is 0 Å². The average molecular weight is 373 g/mol. The van der Waals surface area contributed by atoms with Crippen LogP contribution >= 0.6 is 7.60 Å². The molecule has 2 aromatic carbocycles. The maximum atomic E-state index is 13.5. The summed E-state index contributed by atoms with van der Waals surface area (Å²) in [6.07, 6.45) is 0.676. The SMILES string of the molecule is CCOP(=O)(OCC)C1c2ccccc2C(=O)N1CCc1ccccc1. The molecule has 6 heteroatoms. The summed E-state index contributed by atoms with van der Waals surface area (Å²) < 4.78 is 24.7. The zero-order valence-corrected chi connectivity index (χ0v) is 16.0. The third kappa shape index (κ3) is 3.61. The second kappa shape index (κ2) is 8.17. The molecular formula is C20H24NO4P. The number of hydrogen-bond acceptors (Lipinski definition) is 4. The fraction of sp³-hybridized carbons (Fsp3) is 0.350. The van der Waals surface area contributed by atoms with E-state index in [1.54, 1.807) is 24.8 Å². The third-order valence-electron chi connectivity index (χ3n) is 4.43. The van der Waals surface area contributed by atoms with E-state index in [2.05, 4.69) is 0 Å². The predicted octanol–water partition coefficient (Wildman–Crippen LogP) is 4.65. The van der Waals surface area contributed by atoms with E-state index < -0.39 is 13.4 Å². The van der Waals surface area contributed by atoms with Crippen LogP contribution in [0.25, 0.3) is 0 Å². The standard InChI is InChI=1S/C20H24NO4P/c1-3-24-26(23,25-4-2)20-18-13-9-8-12-17(18)19(22)21(20)15-14-16-10-6-5-7-11-16/h5-13,20H,3-4,14-15H2,1-2H3. The Balaban J connectivity index is 1.95. The molecule has 1 aliphatic heterocycles. The molecule has 5 nitrogen and oxygen atoms in total. The lowest BCUT2D eigenvalue weighted by Gasteiger charge is -2.31. The Bertz CT molecular complexity index is 798. The van der Waals surface area contributed by atoms with E-state index >= 15 is 0 Å². The number of carbonyl (C=O) groups is 1. The van der Waals surface area contributed by atoms with Crippen LogP contribution in [0.4, 0.5) is 0 Å². The molecule has 0 aliphatic carbocycles. The maximum absolute atomic E-state index is 13.5. The molecule has 138 valence electrons. The molecule has 26 heavy (non-hydrogen) atoms. The first-order valence-corrected chi connectivity index (χ1v) is 10.5. The van der Waals surface area contributed by atoms with Crippen molar-refractivity contribution in [2.24, 2.45) is 0 Å². The van der Waals surface area contributed by atoms with Gasteiger partial charge < -0.3 is 13.9 Å². The second-order valence-corrected chi connectivity index (χ2v) is 8.16. The smallest absolute Gasteiger partial charge is 0.320 e. The summed E-state index contributed by atoms with van der Waals surface area (Å²) in [5.41, 5.74) is 2.42. The van der Waals surface area contributed by atoms with Gasteiger partial charge in [-0.1, -0.05) is 48.5 Å². The lowest BCUT2D eigenvalue weighted by Crippen LogP contribution is -2.31. The van der Waals surface area contributed by atoms with Crippen molar-refractivity contribution in [2.45, 2.75) is 26.1 Å². The molecule has 1 unspecified atom stereocenters. The zero-order valence-electron chi connectivity index (χ0n) is 15.1. The van der Waals surface area contributed by atoms with Crippen LogP contribution in [-0.2, 0) is 20.0 Å².